The first-order valence-electron chi connectivity index (χ1n) is 3.39. The Labute approximate surface area is 87.6 Å². The average Bonchev–Trinajstić information content (AvgIpc) is 2.06. The number of benzene rings is 1. The highest BCUT2D eigenvalue weighted by Gasteiger charge is 2.06. The highest BCUT2D eigenvalue weighted by Crippen LogP contribution is 2.27. The van der Waals surface area contributed by atoms with E-state index in [1.807, 2.05) is 19.1 Å². The molecule has 0 aliphatic heterocycles. The number of nitrogens with zero attached hydrogens (tertiary/aromatic N) is 1. The maximum absolute atomic E-state index is 10.1. The second-order valence-electron chi connectivity index (χ2n) is 2.42. The Morgan fingerprint density at radius 3 is 2.50 bits per heavy atom. The Morgan fingerprint density at radius 1 is 1.33 bits per heavy atom. The lowest BCUT2D eigenvalue weighted by atomic mass is 10.1. The van der Waals surface area contributed by atoms with Crippen molar-refractivity contribution in [3.8, 4) is 0 Å². The second kappa shape index (κ2) is 4.14. The van der Waals surface area contributed by atoms with Crippen LogP contribution in [0.3, 0.4) is 0 Å². The number of hydrogen-bond donors (Lipinski definition) is 0. The van der Waals surface area contributed by atoms with Crippen molar-refractivity contribution >= 4 is 31.9 Å². The van der Waals surface area contributed by atoms with Crippen molar-refractivity contribution < 1.29 is 0 Å². The summed E-state index contributed by atoms with van der Waals surface area (Å²) in [6.07, 6.45) is 0. The standard InChI is InChI=1S/C8H7Br2NO/c1-5-6(4-11-12)8(10)3-2-7(5)9/h2-3H,4H2,1H3. The average molecular weight is 293 g/mol. The van der Waals surface area contributed by atoms with Crippen molar-refractivity contribution in [2.75, 3.05) is 0 Å². The van der Waals surface area contributed by atoms with Gasteiger partial charge >= 0.3 is 0 Å². The van der Waals surface area contributed by atoms with Crippen LogP contribution < -0.4 is 0 Å². The van der Waals surface area contributed by atoms with Gasteiger partial charge in [-0.3, -0.25) is 0 Å². The van der Waals surface area contributed by atoms with Crippen LogP contribution in [0.1, 0.15) is 11.1 Å². The largest absolute Gasteiger partial charge is 0.150 e. The summed E-state index contributed by atoms with van der Waals surface area (Å²) < 4.78 is 1.94. The van der Waals surface area contributed by atoms with Crippen molar-refractivity contribution in [3.05, 3.63) is 37.1 Å². The Bertz CT molecular complexity index is 312. The van der Waals surface area contributed by atoms with E-state index >= 15 is 0 Å². The number of rotatable bonds is 2. The third-order valence-electron chi connectivity index (χ3n) is 1.70. The zero-order valence-corrected chi connectivity index (χ0v) is 9.65. The first-order chi connectivity index (χ1) is 5.66. The van der Waals surface area contributed by atoms with E-state index in [0.29, 0.717) is 0 Å². The minimum atomic E-state index is 0.214. The fourth-order valence-corrected chi connectivity index (χ4v) is 1.88. The highest BCUT2D eigenvalue weighted by molar-refractivity contribution is 9.11. The summed E-state index contributed by atoms with van der Waals surface area (Å²) in [6, 6.07) is 3.84. The van der Waals surface area contributed by atoms with Crippen LogP contribution in [0, 0.1) is 11.8 Å². The van der Waals surface area contributed by atoms with Crippen LogP contribution in [0.2, 0.25) is 0 Å². The molecule has 2 nitrogen and oxygen atoms in total. The van der Waals surface area contributed by atoms with Crippen LogP contribution in [0.25, 0.3) is 0 Å². The van der Waals surface area contributed by atoms with E-state index in [1.165, 1.54) is 0 Å². The summed E-state index contributed by atoms with van der Waals surface area (Å²) in [5.74, 6) is 0. The molecule has 0 radical (unpaired) electrons. The van der Waals surface area contributed by atoms with E-state index in [0.717, 1.165) is 20.1 Å². The van der Waals surface area contributed by atoms with Gasteiger partial charge in [0.2, 0.25) is 0 Å². The minimum absolute atomic E-state index is 0.214. The second-order valence-corrected chi connectivity index (χ2v) is 4.13. The van der Waals surface area contributed by atoms with Crippen LogP contribution in [-0.4, -0.2) is 0 Å². The summed E-state index contributed by atoms with van der Waals surface area (Å²) in [5.41, 5.74) is 2.00. The summed E-state index contributed by atoms with van der Waals surface area (Å²) >= 11 is 6.75. The molecular weight excluding hydrogens is 286 g/mol. The monoisotopic (exact) mass is 291 g/mol. The molecule has 0 aromatic heterocycles. The summed E-state index contributed by atoms with van der Waals surface area (Å²) in [4.78, 5) is 10.1. The number of nitroso groups, excluding NO2 is 1. The Kier molecular flexibility index (Phi) is 3.40. The fourth-order valence-electron chi connectivity index (χ4n) is 0.954. The molecule has 0 saturated heterocycles. The molecule has 0 heterocycles. The third-order valence-corrected chi connectivity index (χ3v) is 3.30. The van der Waals surface area contributed by atoms with Gasteiger partial charge in [-0.25, -0.2) is 0 Å². The molecule has 1 aromatic rings. The maximum atomic E-state index is 10.1. The summed E-state index contributed by atoms with van der Waals surface area (Å²) in [7, 11) is 0. The van der Waals surface area contributed by atoms with E-state index in [2.05, 4.69) is 37.0 Å². The van der Waals surface area contributed by atoms with Crippen molar-refractivity contribution in [2.45, 2.75) is 13.5 Å². The lowest BCUT2D eigenvalue weighted by Crippen LogP contribution is -1.89. The van der Waals surface area contributed by atoms with Gasteiger partial charge < -0.3 is 0 Å². The fraction of sp³-hybridized carbons (Fsp3) is 0.250. The van der Waals surface area contributed by atoms with Crippen LogP contribution in [-0.2, 0) is 6.54 Å². The Morgan fingerprint density at radius 2 is 1.92 bits per heavy atom. The van der Waals surface area contributed by atoms with Gasteiger partial charge in [-0.1, -0.05) is 37.0 Å². The predicted molar refractivity (Wildman–Crippen MR) is 56.1 cm³/mol. The molecule has 0 aliphatic carbocycles. The molecule has 0 bridgehead atoms. The smallest absolute Gasteiger partial charge is 0.107 e. The summed E-state index contributed by atoms with van der Waals surface area (Å²) in [6.45, 7) is 2.17. The van der Waals surface area contributed by atoms with Gasteiger partial charge in [0, 0.05) is 8.95 Å². The number of hydrogen-bond acceptors (Lipinski definition) is 2. The molecular formula is C8H7Br2NO. The normalized spacial score (nSPS) is 9.92. The van der Waals surface area contributed by atoms with Crippen LogP contribution >= 0.6 is 31.9 Å². The molecule has 1 rings (SSSR count). The molecule has 0 unspecified atom stereocenters. The zero-order chi connectivity index (χ0) is 9.14. The van der Waals surface area contributed by atoms with Gasteiger partial charge in [0.25, 0.3) is 0 Å². The quantitative estimate of drug-likeness (QED) is 0.763. The van der Waals surface area contributed by atoms with E-state index in [9.17, 15) is 4.91 Å². The molecule has 0 saturated carbocycles. The first-order valence-corrected chi connectivity index (χ1v) is 4.98. The highest BCUT2D eigenvalue weighted by atomic mass is 79.9. The molecule has 1 aromatic carbocycles. The van der Waals surface area contributed by atoms with E-state index < -0.39 is 0 Å². The topological polar surface area (TPSA) is 29.4 Å². The molecule has 0 N–H and O–H groups in total. The minimum Gasteiger partial charge on any atom is -0.150 e. The van der Waals surface area contributed by atoms with Gasteiger partial charge in [-0.05, 0) is 30.2 Å². The van der Waals surface area contributed by atoms with Crippen molar-refractivity contribution in [3.63, 3.8) is 0 Å². The van der Waals surface area contributed by atoms with Crippen molar-refractivity contribution in [1.82, 2.24) is 0 Å². The molecule has 0 spiro atoms. The van der Waals surface area contributed by atoms with E-state index in [1.54, 1.807) is 0 Å². The van der Waals surface area contributed by atoms with Gasteiger partial charge in [0.15, 0.2) is 0 Å². The van der Waals surface area contributed by atoms with E-state index in [4.69, 9.17) is 0 Å². The Balaban J connectivity index is 3.22. The molecule has 4 heteroatoms. The Hall–Kier alpha value is -0.220. The lowest BCUT2D eigenvalue weighted by molar-refractivity contribution is 1.02. The SMILES string of the molecule is Cc1c(Br)ccc(Br)c1CN=O. The zero-order valence-electron chi connectivity index (χ0n) is 6.47. The van der Waals surface area contributed by atoms with Gasteiger partial charge in [0.05, 0.1) is 0 Å². The van der Waals surface area contributed by atoms with Crippen LogP contribution in [0.15, 0.2) is 26.3 Å². The first kappa shape index (κ1) is 9.86. The molecule has 12 heavy (non-hydrogen) atoms. The molecule has 0 aliphatic rings. The third kappa shape index (κ3) is 1.93. The van der Waals surface area contributed by atoms with Crippen molar-refractivity contribution in [2.24, 2.45) is 5.18 Å². The number of halogens is 2. The van der Waals surface area contributed by atoms with Crippen LogP contribution in [0.5, 0.6) is 0 Å². The molecule has 64 valence electrons. The summed E-state index contributed by atoms with van der Waals surface area (Å²) in [5, 5.41) is 2.87. The lowest BCUT2D eigenvalue weighted by Gasteiger charge is -2.05. The van der Waals surface area contributed by atoms with E-state index in [-0.39, 0.29) is 6.54 Å². The maximum Gasteiger partial charge on any atom is 0.107 e. The predicted octanol–water partition coefficient (Wildman–Crippen LogP) is 3.79. The van der Waals surface area contributed by atoms with Crippen molar-refractivity contribution in [1.29, 1.82) is 0 Å². The van der Waals surface area contributed by atoms with Gasteiger partial charge in [0.1, 0.15) is 6.54 Å². The van der Waals surface area contributed by atoms with Gasteiger partial charge in [-0.2, -0.15) is 4.91 Å². The molecule has 0 fully saturated rings. The van der Waals surface area contributed by atoms with Crippen LogP contribution in [0.4, 0.5) is 0 Å². The molecule has 0 atom stereocenters. The van der Waals surface area contributed by atoms with Gasteiger partial charge in [-0.15, -0.1) is 0 Å². The molecule has 0 amide bonds.